The summed E-state index contributed by atoms with van der Waals surface area (Å²) in [5.41, 5.74) is 13.6. The summed E-state index contributed by atoms with van der Waals surface area (Å²) in [7, 11) is 0. The monoisotopic (exact) mass is 420 g/mol. The molecule has 0 aromatic carbocycles. The molecule has 0 saturated heterocycles. The first-order chi connectivity index (χ1) is 13.7. The fraction of sp³-hybridized carbons (Fsp3) is 1.00. The van der Waals surface area contributed by atoms with Crippen LogP contribution in [0.25, 0.3) is 0 Å². The van der Waals surface area contributed by atoms with E-state index in [0.29, 0.717) is 5.92 Å². The fourth-order valence-electron chi connectivity index (χ4n) is 7.43. The predicted octanol–water partition coefficient (Wildman–Crippen LogP) is 7.25. The van der Waals surface area contributed by atoms with E-state index in [1.54, 1.807) is 0 Å². The lowest BCUT2D eigenvalue weighted by Gasteiger charge is -2.54. The number of hydrogen-bond donors (Lipinski definition) is 2. The Morgan fingerprint density at radius 2 is 1.07 bits per heavy atom. The second kappa shape index (κ2) is 10.2. The van der Waals surface area contributed by atoms with Gasteiger partial charge in [-0.15, -0.1) is 0 Å². The molecule has 2 heteroatoms. The van der Waals surface area contributed by atoms with E-state index < -0.39 is 0 Å². The Hall–Kier alpha value is -0.0800. The Bertz CT molecular complexity index is 483. The molecule has 0 radical (unpaired) electrons. The van der Waals surface area contributed by atoms with Gasteiger partial charge >= 0.3 is 0 Å². The number of nitrogens with two attached hydrogens (primary N) is 2. The molecule has 4 N–H and O–H groups in total. The molecule has 2 aliphatic carbocycles. The Labute approximate surface area is 189 Å². The van der Waals surface area contributed by atoms with Crippen LogP contribution in [0.5, 0.6) is 0 Å². The maximum Gasteiger partial charge on any atom is 0.0160 e. The second-order valence-electron chi connectivity index (χ2n) is 13.5. The summed E-state index contributed by atoms with van der Waals surface area (Å²) in [6.07, 6.45) is 10.4. The molecule has 2 nitrogen and oxygen atoms in total. The summed E-state index contributed by atoms with van der Waals surface area (Å²) < 4.78 is 0. The molecule has 7 unspecified atom stereocenters. The molecule has 0 bridgehead atoms. The highest BCUT2D eigenvalue weighted by molar-refractivity contribution is 5.02. The highest BCUT2D eigenvalue weighted by Crippen LogP contribution is 2.53. The van der Waals surface area contributed by atoms with Crippen LogP contribution in [0.15, 0.2) is 0 Å². The molecule has 0 aromatic rings. The van der Waals surface area contributed by atoms with E-state index in [4.69, 9.17) is 11.5 Å². The van der Waals surface area contributed by atoms with Crippen LogP contribution >= 0.6 is 0 Å². The lowest BCUT2D eigenvalue weighted by molar-refractivity contribution is -0.0325. The zero-order chi connectivity index (χ0) is 22.9. The van der Waals surface area contributed by atoms with E-state index in [1.807, 2.05) is 0 Å². The third-order valence-corrected chi connectivity index (χ3v) is 9.14. The molecule has 0 amide bonds. The first-order valence-electron chi connectivity index (χ1n) is 13.3. The van der Waals surface area contributed by atoms with Gasteiger partial charge in [-0.05, 0) is 113 Å². The lowest BCUT2D eigenvalue weighted by atomic mass is 9.52. The van der Waals surface area contributed by atoms with Gasteiger partial charge in [0.25, 0.3) is 0 Å². The van der Waals surface area contributed by atoms with Gasteiger partial charge < -0.3 is 11.5 Å². The maximum absolute atomic E-state index is 7.39. The van der Waals surface area contributed by atoms with Crippen LogP contribution in [-0.2, 0) is 0 Å². The molecule has 2 saturated carbocycles. The zero-order valence-corrected chi connectivity index (χ0v) is 22.0. The van der Waals surface area contributed by atoms with Gasteiger partial charge in [0.15, 0.2) is 0 Å². The van der Waals surface area contributed by atoms with Crippen molar-refractivity contribution in [2.75, 3.05) is 0 Å². The largest absolute Gasteiger partial charge is 0.326 e. The van der Waals surface area contributed by atoms with Crippen molar-refractivity contribution in [1.29, 1.82) is 0 Å². The summed E-state index contributed by atoms with van der Waals surface area (Å²) in [6.45, 7) is 21.6. The van der Waals surface area contributed by atoms with Crippen molar-refractivity contribution in [3.05, 3.63) is 0 Å². The van der Waals surface area contributed by atoms with Gasteiger partial charge in [0.1, 0.15) is 0 Å². The minimum Gasteiger partial charge on any atom is -0.326 e. The topological polar surface area (TPSA) is 52.0 Å². The molecule has 7 atom stereocenters. The molecule has 0 aliphatic heterocycles. The molecule has 2 rings (SSSR count). The van der Waals surface area contributed by atoms with Gasteiger partial charge in [-0.2, -0.15) is 0 Å². The lowest BCUT2D eigenvalue weighted by Crippen LogP contribution is -2.56. The molecule has 30 heavy (non-hydrogen) atoms. The van der Waals surface area contributed by atoms with Gasteiger partial charge in [0, 0.05) is 11.1 Å². The predicted molar refractivity (Wildman–Crippen MR) is 133 cm³/mol. The van der Waals surface area contributed by atoms with Gasteiger partial charge in [-0.25, -0.2) is 0 Å². The van der Waals surface area contributed by atoms with E-state index in [0.717, 1.165) is 60.2 Å². The first-order valence-corrected chi connectivity index (χ1v) is 13.3. The summed E-state index contributed by atoms with van der Waals surface area (Å²) in [5.74, 6) is 6.98. The SMILES string of the molecule is CC1CCC(C(C)C)C(C(C2CC(C)CCC2C(C)C)C(C)(N)CCC(C)(C)N)C1. The van der Waals surface area contributed by atoms with Crippen LogP contribution in [-0.4, -0.2) is 11.1 Å². The smallest absolute Gasteiger partial charge is 0.0160 e. The van der Waals surface area contributed by atoms with Crippen molar-refractivity contribution in [2.45, 2.75) is 125 Å². The molecule has 2 fully saturated rings. The van der Waals surface area contributed by atoms with Crippen LogP contribution in [0.3, 0.4) is 0 Å². The van der Waals surface area contributed by atoms with Crippen molar-refractivity contribution >= 4 is 0 Å². The Morgan fingerprint density at radius 1 is 0.667 bits per heavy atom. The van der Waals surface area contributed by atoms with Gasteiger partial charge in [0.2, 0.25) is 0 Å². The van der Waals surface area contributed by atoms with Crippen molar-refractivity contribution in [2.24, 2.45) is 64.7 Å². The van der Waals surface area contributed by atoms with E-state index >= 15 is 0 Å². The third kappa shape index (κ3) is 6.71. The first kappa shape index (κ1) is 26.2. The highest BCUT2D eigenvalue weighted by atomic mass is 14.8. The molecule has 0 aromatic heterocycles. The van der Waals surface area contributed by atoms with Gasteiger partial charge in [0.05, 0.1) is 0 Å². The quantitative estimate of drug-likeness (QED) is 0.434. The second-order valence-corrected chi connectivity index (χ2v) is 13.5. The van der Waals surface area contributed by atoms with E-state index in [1.165, 1.54) is 38.5 Å². The summed E-state index contributed by atoms with van der Waals surface area (Å²) >= 11 is 0. The molecule has 0 spiro atoms. The molecular weight excluding hydrogens is 364 g/mol. The summed E-state index contributed by atoms with van der Waals surface area (Å²) in [6, 6.07) is 0. The molecule has 0 heterocycles. The molecule has 2 aliphatic rings. The Kier molecular flexibility index (Phi) is 8.93. The Morgan fingerprint density at radius 3 is 1.40 bits per heavy atom. The summed E-state index contributed by atoms with van der Waals surface area (Å²) in [4.78, 5) is 0. The minimum atomic E-state index is -0.139. The maximum atomic E-state index is 7.39. The van der Waals surface area contributed by atoms with E-state index in [2.05, 4.69) is 62.3 Å². The highest BCUT2D eigenvalue weighted by Gasteiger charge is 2.49. The van der Waals surface area contributed by atoms with Crippen molar-refractivity contribution in [1.82, 2.24) is 0 Å². The molecule has 178 valence electrons. The Balaban J connectivity index is 2.47. The third-order valence-electron chi connectivity index (χ3n) is 9.14. The van der Waals surface area contributed by atoms with Crippen LogP contribution in [0.1, 0.15) is 114 Å². The van der Waals surface area contributed by atoms with Crippen molar-refractivity contribution in [3.8, 4) is 0 Å². The van der Waals surface area contributed by atoms with Crippen LogP contribution < -0.4 is 11.5 Å². The molecular formula is C28H56N2. The minimum absolute atomic E-state index is 0.139. The van der Waals surface area contributed by atoms with Crippen LogP contribution in [0.2, 0.25) is 0 Å². The van der Waals surface area contributed by atoms with Crippen molar-refractivity contribution in [3.63, 3.8) is 0 Å². The van der Waals surface area contributed by atoms with E-state index in [-0.39, 0.29) is 11.1 Å². The average Bonchev–Trinajstić information content (AvgIpc) is 2.59. The zero-order valence-electron chi connectivity index (χ0n) is 22.0. The number of hydrogen-bond acceptors (Lipinski definition) is 2. The normalized spacial score (nSPS) is 36.7. The van der Waals surface area contributed by atoms with Crippen molar-refractivity contribution < 1.29 is 0 Å². The standard InChI is InChI=1S/C28H56N2/c1-18(2)22-12-10-20(5)16-24(22)26(28(9,30)15-14-27(7,8)29)25-17-21(6)11-13-23(25)19(3)4/h18-26H,10-17,29-30H2,1-9H3. The van der Waals surface area contributed by atoms with Crippen LogP contribution in [0, 0.1) is 53.3 Å². The van der Waals surface area contributed by atoms with E-state index in [9.17, 15) is 0 Å². The summed E-state index contributed by atoms with van der Waals surface area (Å²) in [5, 5.41) is 0. The van der Waals surface area contributed by atoms with Gasteiger partial charge in [-0.3, -0.25) is 0 Å². The van der Waals surface area contributed by atoms with Crippen LogP contribution in [0.4, 0.5) is 0 Å². The fourth-order valence-corrected chi connectivity index (χ4v) is 7.43. The average molecular weight is 421 g/mol. The van der Waals surface area contributed by atoms with Gasteiger partial charge in [-0.1, -0.05) is 54.4 Å². The number of rotatable bonds is 8.